The lowest BCUT2D eigenvalue weighted by Crippen LogP contribution is -2.00. The molecule has 0 aromatic heterocycles. The first-order valence-corrected chi connectivity index (χ1v) is 4.90. The fraction of sp³-hybridized carbons (Fsp3) is 0.250. The van der Waals surface area contributed by atoms with E-state index in [9.17, 15) is 14.3 Å². The molecule has 1 aliphatic carbocycles. The van der Waals surface area contributed by atoms with E-state index in [4.69, 9.17) is 0 Å². The number of halogens is 1. The van der Waals surface area contributed by atoms with E-state index in [0.717, 1.165) is 12.8 Å². The van der Waals surface area contributed by atoms with Crippen LogP contribution in [0.5, 0.6) is 0 Å². The number of rotatable bonds is 1. The second kappa shape index (κ2) is 3.85. The molecule has 2 rings (SSSR count). The summed E-state index contributed by atoms with van der Waals surface area (Å²) in [6.45, 7) is 0. The summed E-state index contributed by atoms with van der Waals surface area (Å²) in [4.78, 5) is 10.6. The summed E-state index contributed by atoms with van der Waals surface area (Å²) in [6.07, 6.45) is 4.27. The van der Waals surface area contributed by atoms with Crippen LogP contribution in [0.2, 0.25) is 0 Å². The van der Waals surface area contributed by atoms with E-state index in [1.54, 1.807) is 12.1 Å². The van der Waals surface area contributed by atoms with Crippen LogP contribution in [-0.2, 0) is 6.42 Å². The molecule has 0 saturated carbocycles. The van der Waals surface area contributed by atoms with Gasteiger partial charge in [0.2, 0.25) is 0 Å². The van der Waals surface area contributed by atoms with Gasteiger partial charge in [-0.25, -0.2) is 4.39 Å². The zero-order chi connectivity index (χ0) is 10.8. The van der Waals surface area contributed by atoms with Gasteiger partial charge in [-0.15, -0.1) is 0 Å². The summed E-state index contributed by atoms with van der Waals surface area (Å²) in [5.74, 6) is -0.386. The molecular formula is C12H11FO2. The molecule has 15 heavy (non-hydrogen) atoms. The van der Waals surface area contributed by atoms with Gasteiger partial charge in [0.1, 0.15) is 11.6 Å². The molecule has 0 radical (unpaired) electrons. The average molecular weight is 206 g/mol. The number of aliphatic hydroxyl groups is 1. The Bertz CT molecular complexity index is 435. The Balaban J connectivity index is 2.63. The van der Waals surface area contributed by atoms with Crippen LogP contribution in [-0.4, -0.2) is 11.4 Å². The van der Waals surface area contributed by atoms with Crippen molar-refractivity contribution in [2.24, 2.45) is 0 Å². The summed E-state index contributed by atoms with van der Waals surface area (Å²) in [5, 5.41) is 9.64. The normalized spacial score (nSPS) is 15.1. The lowest BCUT2D eigenvalue weighted by atomic mass is 10.00. The van der Waals surface area contributed by atoms with Crippen molar-refractivity contribution in [3.05, 3.63) is 40.7 Å². The SMILES string of the molecule is O=Cc1ccc2c(c1F)CCCC=C2O. The molecule has 1 aliphatic rings. The molecular weight excluding hydrogens is 195 g/mol. The molecule has 1 N–H and O–H groups in total. The van der Waals surface area contributed by atoms with Crippen LogP contribution >= 0.6 is 0 Å². The highest BCUT2D eigenvalue weighted by Crippen LogP contribution is 2.27. The van der Waals surface area contributed by atoms with Gasteiger partial charge in [-0.1, -0.05) is 6.07 Å². The van der Waals surface area contributed by atoms with Gasteiger partial charge in [-0.05, 0) is 37.0 Å². The minimum atomic E-state index is -0.496. The fourth-order valence-corrected chi connectivity index (χ4v) is 1.84. The molecule has 0 heterocycles. The number of aldehydes is 1. The third kappa shape index (κ3) is 1.65. The lowest BCUT2D eigenvalue weighted by molar-refractivity contribution is 0.111. The minimum Gasteiger partial charge on any atom is -0.508 e. The van der Waals surface area contributed by atoms with Crippen LogP contribution in [0.1, 0.15) is 34.3 Å². The molecule has 0 spiro atoms. The topological polar surface area (TPSA) is 37.3 Å². The number of fused-ring (bicyclic) bond motifs is 1. The first kappa shape index (κ1) is 9.90. The number of allylic oxidation sites excluding steroid dienone is 1. The Hall–Kier alpha value is -1.64. The predicted octanol–water partition coefficient (Wildman–Crippen LogP) is 2.87. The number of hydrogen-bond acceptors (Lipinski definition) is 2. The van der Waals surface area contributed by atoms with Gasteiger partial charge in [0.25, 0.3) is 0 Å². The molecule has 0 fully saturated rings. The van der Waals surface area contributed by atoms with Gasteiger partial charge in [0.15, 0.2) is 6.29 Å². The Morgan fingerprint density at radius 1 is 1.40 bits per heavy atom. The van der Waals surface area contributed by atoms with Crippen LogP contribution in [0, 0.1) is 5.82 Å². The average Bonchev–Trinajstić information content (AvgIpc) is 2.42. The zero-order valence-corrected chi connectivity index (χ0v) is 8.16. The van der Waals surface area contributed by atoms with Crippen molar-refractivity contribution in [3.63, 3.8) is 0 Å². The van der Waals surface area contributed by atoms with Crippen molar-refractivity contribution < 1.29 is 14.3 Å². The number of benzene rings is 1. The van der Waals surface area contributed by atoms with Crippen LogP contribution in [0.4, 0.5) is 4.39 Å². The first-order valence-electron chi connectivity index (χ1n) is 4.90. The van der Waals surface area contributed by atoms with Gasteiger partial charge >= 0.3 is 0 Å². The number of hydrogen-bond donors (Lipinski definition) is 1. The van der Waals surface area contributed by atoms with E-state index in [0.29, 0.717) is 23.8 Å². The van der Waals surface area contributed by atoms with Gasteiger partial charge in [0, 0.05) is 5.56 Å². The van der Waals surface area contributed by atoms with Crippen LogP contribution < -0.4 is 0 Å². The summed E-state index contributed by atoms with van der Waals surface area (Å²) in [5.41, 5.74) is 1.02. The van der Waals surface area contributed by atoms with Crippen molar-refractivity contribution in [1.82, 2.24) is 0 Å². The molecule has 0 aliphatic heterocycles. The van der Waals surface area contributed by atoms with E-state index >= 15 is 0 Å². The van der Waals surface area contributed by atoms with Crippen molar-refractivity contribution in [2.75, 3.05) is 0 Å². The van der Waals surface area contributed by atoms with E-state index in [1.807, 2.05) is 0 Å². The van der Waals surface area contributed by atoms with Crippen LogP contribution in [0.15, 0.2) is 18.2 Å². The zero-order valence-electron chi connectivity index (χ0n) is 8.16. The second-order valence-corrected chi connectivity index (χ2v) is 3.59. The summed E-state index contributed by atoms with van der Waals surface area (Å²) in [6, 6.07) is 3.00. The number of carbonyl (C=O) groups is 1. The quantitative estimate of drug-likeness (QED) is 0.717. The highest BCUT2D eigenvalue weighted by Gasteiger charge is 2.16. The van der Waals surface area contributed by atoms with E-state index < -0.39 is 5.82 Å². The van der Waals surface area contributed by atoms with Crippen molar-refractivity contribution in [2.45, 2.75) is 19.3 Å². The third-order valence-corrected chi connectivity index (χ3v) is 2.64. The largest absolute Gasteiger partial charge is 0.508 e. The predicted molar refractivity (Wildman–Crippen MR) is 55.3 cm³/mol. The standard InChI is InChI=1S/C12H11FO2/c13-12-8(7-14)5-6-9-10(12)3-1-2-4-11(9)15/h4-7,15H,1-3H2. The fourth-order valence-electron chi connectivity index (χ4n) is 1.84. The molecule has 0 bridgehead atoms. The molecule has 0 saturated heterocycles. The Morgan fingerprint density at radius 3 is 2.93 bits per heavy atom. The number of carbonyl (C=O) groups excluding carboxylic acids is 1. The summed E-state index contributed by atoms with van der Waals surface area (Å²) >= 11 is 0. The first-order chi connectivity index (χ1) is 7.24. The highest BCUT2D eigenvalue weighted by molar-refractivity contribution is 5.77. The molecule has 78 valence electrons. The lowest BCUT2D eigenvalue weighted by Gasteiger charge is -2.08. The van der Waals surface area contributed by atoms with Crippen molar-refractivity contribution in [1.29, 1.82) is 0 Å². The van der Waals surface area contributed by atoms with E-state index in [-0.39, 0.29) is 11.3 Å². The maximum Gasteiger partial charge on any atom is 0.153 e. The maximum absolute atomic E-state index is 13.7. The summed E-state index contributed by atoms with van der Waals surface area (Å²) < 4.78 is 13.7. The minimum absolute atomic E-state index is 0.0588. The molecule has 2 nitrogen and oxygen atoms in total. The van der Waals surface area contributed by atoms with Crippen LogP contribution in [0.3, 0.4) is 0 Å². The third-order valence-electron chi connectivity index (χ3n) is 2.64. The van der Waals surface area contributed by atoms with E-state index in [2.05, 4.69) is 0 Å². The van der Waals surface area contributed by atoms with E-state index in [1.165, 1.54) is 6.07 Å². The number of aliphatic hydroxyl groups excluding tert-OH is 1. The van der Waals surface area contributed by atoms with Crippen molar-refractivity contribution >= 4 is 12.0 Å². The van der Waals surface area contributed by atoms with Crippen molar-refractivity contribution in [3.8, 4) is 0 Å². The van der Waals surface area contributed by atoms with Crippen LogP contribution in [0.25, 0.3) is 5.76 Å². The monoisotopic (exact) mass is 206 g/mol. The highest BCUT2D eigenvalue weighted by atomic mass is 19.1. The van der Waals surface area contributed by atoms with Gasteiger partial charge in [-0.3, -0.25) is 4.79 Å². The molecule has 0 amide bonds. The Labute approximate surface area is 87.0 Å². The van der Waals surface area contributed by atoms with Gasteiger partial charge < -0.3 is 5.11 Å². The molecule has 3 heteroatoms. The maximum atomic E-state index is 13.7. The molecule has 1 aromatic carbocycles. The molecule has 0 unspecified atom stereocenters. The molecule has 1 aromatic rings. The summed E-state index contributed by atoms with van der Waals surface area (Å²) in [7, 11) is 0. The smallest absolute Gasteiger partial charge is 0.153 e. The molecule has 0 atom stereocenters. The van der Waals surface area contributed by atoms with Gasteiger partial charge in [-0.2, -0.15) is 0 Å². The second-order valence-electron chi connectivity index (χ2n) is 3.59. The van der Waals surface area contributed by atoms with Gasteiger partial charge in [0.05, 0.1) is 5.56 Å². The Kier molecular flexibility index (Phi) is 2.54. The Morgan fingerprint density at radius 2 is 2.20 bits per heavy atom.